The summed E-state index contributed by atoms with van der Waals surface area (Å²) in [7, 11) is 1.65. The van der Waals surface area contributed by atoms with Gasteiger partial charge in [0, 0.05) is 19.4 Å². The van der Waals surface area contributed by atoms with Gasteiger partial charge >= 0.3 is 0 Å². The molecule has 0 aliphatic carbocycles. The summed E-state index contributed by atoms with van der Waals surface area (Å²) >= 11 is 0. The number of likely N-dealkylation sites (tertiary alicyclic amines) is 1. The zero-order valence-electron chi connectivity index (χ0n) is 16.4. The maximum atomic E-state index is 13.9. The van der Waals surface area contributed by atoms with Gasteiger partial charge in [-0.05, 0) is 54.8 Å². The molecule has 4 nitrogen and oxygen atoms in total. The molecular weight excluding hydrogens is 369 g/mol. The molecule has 0 radical (unpaired) electrons. The molecular formula is C24H24FNO3. The first-order valence-corrected chi connectivity index (χ1v) is 9.93. The minimum atomic E-state index is -0.316. The number of furan rings is 1. The number of nitrogens with zero attached hydrogens (tertiary/aromatic N) is 1. The Hall–Kier alpha value is -3.08. The standard InChI is InChI=1S/C24H24FNO3/c1-28-18-10-8-17(9-11-18)22-7-4-16-26(22)24(27)15-13-19-12-14-23(29-19)20-5-2-3-6-21(20)25/h2-3,5-6,8-12,14,22H,4,7,13,15-16H2,1H3. The molecule has 4 rings (SSSR count). The second kappa shape index (κ2) is 8.52. The number of aryl methyl sites for hydroxylation is 1. The zero-order chi connectivity index (χ0) is 20.2. The summed E-state index contributed by atoms with van der Waals surface area (Å²) in [5.74, 6) is 1.80. The van der Waals surface area contributed by atoms with Gasteiger partial charge < -0.3 is 14.1 Å². The molecule has 0 saturated carbocycles. The van der Waals surface area contributed by atoms with Gasteiger partial charge in [0.1, 0.15) is 23.1 Å². The third-order valence-corrected chi connectivity index (χ3v) is 5.46. The van der Waals surface area contributed by atoms with Crippen molar-refractivity contribution in [3.63, 3.8) is 0 Å². The van der Waals surface area contributed by atoms with E-state index in [1.165, 1.54) is 6.07 Å². The molecule has 1 aromatic heterocycles. The largest absolute Gasteiger partial charge is 0.497 e. The fourth-order valence-electron chi connectivity index (χ4n) is 3.93. The third-order valence-electron chi connectivity index (χ3n) is 5.46. The lowest BCUT2D eigenvalue weighted by atomic mass is 10.0. The first kappa shape index (κ1) is 19.2. The summed E-state index contributed by atoms with van der Waals surface area (Å²) in [5.41, 5.74) is 1.57. The molecule has 1 saturated heterocycles. The molecule has 0 N–H and O–H groups in total. The Labute approximate surface area is 169 Å². The number of benzene rings is 2. The third kappa shape index (κ3) is 4.19. The Morgan fingerprint density at radius 3 is 2.69 bits per heavy atom. The molecule has 1 unspecified atom stereocenters. The number of ether oxygens (including phenoxy) is 1. The van der Waals surface area contributed by atoms with Crippen LogP contribution in [-0.2, 0) is 11.2 Å². The Balaban J connectivity index is 1.39. The summed E-state index contributed by atoms with van der Waals surface area (Å²) in [4.78, 5) is 14.8. The predicted octanol–water partition coefficient (Wildman–Crippen LogP) is 5.39. The Bertz CT molecular complexity index is 980. The molecule has 29 heavy (non-hydrogen) atoms. The number of halogens is 1. The molecule has 1 amide bonds. The lowest BCUT2D eigenvalue weighted by molar-refractivity contribution is -0.132. The van der Waals surface area contributed by atoms with Crippen LogP contribution in [0.5, 0.6) is 5.75 Å². The molecule has 0 spiro atoms. The van der Waals surface area contributed by atoms with Crippen LogP contribution < -0.4 is 4.74 Å². The fourth-order valence-corrected chi connectivity index (χ4v) is 3.93. The van der Waals surface area contributed by atoms with Crippen LogP contribution >= 0.6 is 0 Å². The van der Waals surface area contributed by atoms with Crippen LogP contribution in [0.25, 0.3) is 11.3 Å². The van der Waals surface area contributed by atoms with Gasteiger partial charge in [0.25, 0.3) is 0 Å². The molecule has 1 fully saturated rings. The highest BCUT2D eigenvalue weighted by Gasteiger charge is 2.29. The summed E-state index contributed by atoms with van der Waals surface area (Å²) in [6.07, 6.45) is 2.84. The summed E-state index contributed by atoms with van der Waals surface area (Å²) in [6, 6.07) is 18.1. The van der Waals surface area contributed by atoms with Gasteiger partial charge in [-0.2, -0.15) is 0 Å². The van der Waals surface area contributed by atoms with Crippen LogP contribution in [-0.4, -0.2) is 24.5 Å². The van der Waals surface area contributed by atoms with E-state index in [1.807, 2.05) is 35.2 Å². The van der Waals surface area contributed by atoms with E-state index in [9.17, 15) is 9.18 Å². The molecule has 1 aliphatic heterocycles. The average Bonchev–Trinajstić information content (AvgIpc) is 3.42. The number of methoxy groups -OCH3 is 1. The molecule has 3 aromatic rings. The van der Waals surface area contributed by atoms with Crippen molar-refractivity contribution in [2.24, 2.45) is 0 Å². The molecule has 150 valence electrons. The molecule has 1 atom stereocenters. The monoisotopic (exact) mass is 393 g/mol. The van der Waals surface area contributed by atoms with Crippen LogP contribution in [0.15, 0.2) is 65.1 Å². The van der Waals surface area contributed by atoms with Crippen molar-refractivity contribution in [1.82, 2.24) is 4.90 Å². The van der Waals surface area contributed by atoms with Crippen molar-refractivity contribution < 1.29 is 18.3 Å². The summed E-state index contributed by atoms with van der Waals surface area (Å²) in [5, 5.41) is 0. The molecule has 2 aromatic carbocycles. The second-order valence-electron chi connectivity index (χ2n) is 7.26. The van der Waals surface area contributed by atoms with E-state index in [0.29, 0.717) is 29.9 Å². The van der Waals surface area contributed by atoms with Gasteiger partial charge in [-0.1, -0.05) is 24.3 Å². The fraction of sp³-hybridized carbons (Fsp3) is 0.292. The van der Waals surface area contributed by atoms with Crippen LogP contribution in [0.2, 0.25) is 0 Å². The summed E-state index contributed by atoms with van der Waals surface area (Å²) in [6.45, 7) is 0.772. The lowest BCUT2D eigenvalue weighted by Gasteiger charge is -2.25. The van der Waals surface area contributed by atoms with Crippen molar-refractivity contribution >= 4 is 5.91 Å². The first-order valence-electron chi connectivity index (χ1n) is 9.93. The minimum Gasteiger partial charge on any atom is -0.497 e. The van der Waals surface area contributed by atoms with Crippen LogP contribution in [0.4, 0.5) is 4.39 Å². The Morgan fingerprint density at radius 2 is 1.93 bits per heavy atom. The van der Waals surface area contributed by atoms with Gasteiger partial charge in [0.15, 0.2) is 0 Å². The van der Waals surface area contributed by atoms with Crippen molar-refractivity contribution in [2.75, 3.05) is 13.7 Å². The molecule has 0 bridgehead atoms. The number of hydrogen-bond donors (Lipinski definition) is 0. The average molecular weight is 393 g/mol. The Kier molecular flexibility index (Phi) is 5.65. The normalized spacial score (nSPS) is 16.2. The SMILES string of the molecule is COc1ccc(C2CCCN2C(=O)CCc2ccc(-c3ccccc3F)o2)cc1. The van der Waals surface area contributed by atoms with E-state index < -0.39 is 0 Å². The van der Waals surface area contributed by atoms with E-state index >= 15 is 0 Å². The van der Waals surface area contributed by atoms with Crippen molar-refractivity contribution in [2.45, 2.75) is 31.7 Å². The number of amides is 1. The second-order valence-corrected chi connectivity index (χ2v) is 7.26. The van der Waals surface area contributed by atoms with E-state index in [1.54, 1.807) is 31.4 Å². The van der Waals surface area contributed by atoms with Gasteiger partial charge in [-0.15, -0.1) is 0 Å². The molecule has 2 heterocycles. The molecule has 5 heteroatoms. The zero-order valence-corrected chi connectivity index (χ0v) is 16.4. The highest BCUT2D eigenvalue weighted by molar-refractivity contribution is 5.77. The van der Waals surface area contributed by atoms with Gasteiger partial charge in [-0.25, -0.2) is 4.39 Å². The highest BCUT2D eigenvalue weighted by atomic mass is 19.1. The maximum absolute atomic E-state index is 13.9. The van der Waals surface area contributed by atoms with Crippen LogP contribution in [0.3, 0.4) is 0 Å². The van der Waals surface area contributed by atoms with E-state index in [2.05, 4.69) is 0 Å². The Morgan fingerprint density at radius 1 is 1.14 bits per heavy atom. The van der Waals surface area contributed by atoms with Gasteiger partial charge in [-0.3, -0.25) is 4.79 Å². The number of hydrogen-bond acceptors (Lipinski definition) is 3. The van der Waals surface area contributed by atoms with Crippen LogP contribution in [0.1, 0.15) is 36.6 Å². The predicted molar refractivity (Wildman–Crippen MR) is 109 cm³/mol. The topological polar surface area (TPSA) is 42.7 Å². The van der Waals surface area contributed by atoms with Gasteiger partial charge in [0.2, 0.25) is 5.91 Å². The summed E-state index contributed by atoms with van der Waals surface area (Å²) < 4.78 is 24.9. The maximum Gasteiger partial charge on any atom is 0.223 e. The lowest BCUT2D eigenvalue weighted by Crippen LogP contribution is -2.30. The first-order chi connectivity index (χ1) is 14.2. The van der Waals surface area contributed by atoms with E-state index in [0.717, 1.165) is 30.7 Å². The number of carbonyl (C=O) groups excluding carboxylic acids is 1. The van der Waals surface area contributed by atoms with E-state index in [4.69, 9.17) is 9.15 Å². The van der Waals surface area contributed by atoms with Crippen molar-refractivity contribution in [3.05, 3.63) is 77.8 Å². The van der Waals surface area contributed by atoms with Gasteiger partial charge in [0.05, 0.1) is 18.7 Å². The highest BCUT2D eigenvalue weighted by Crippen LogP contribution is 2.33. The van der Waals surface area contributed by atoms with Crippen molar-refractivity contribution in [3.8, 4) is 17.1 Å². The molecule has 1 aliphatic rings. The smallest absolute Gasteiger partial charge is 0.223 e. The van der Waals surface area contributed by atoms with Crippen molar-refractivity contribution in [1.29, 1.82) is 0 Å². The van der Waals surface area contributed by atoms with E-state index in [-0.39, 0.29) is 17.8 Å². The number of rotatable bonds is 6. The van der Waals surface area contributed by atoms with Crippen LogP contribution in [0, 0.1) is 5.82 Å². The minimum absolute atomic E-state index is 0.110. The quantitative estimate of drug-likeness (QED) is 0.564. The number of carbonyl (C=O) groups is 1.